The number of halogens is 5. The number of nitrogens with one attached hydrogen (secondary N) is 1. The van der Waals surface area contributed by atoms with E-state index in [0.717, 1.165) is 12.1 Å². The highest BCUT2D eigenvalue weighted by molar-refractivity contribution is 7.92. The SMILES string of the molecule is O=[N+]([O-])c1ccc(NS(=O)(=O)c2cc(Cl)ccc2Cl)cc1C(F)(F)F. The lowest BCUT2D eigenvalue weighted by Crippen LogP contribution is -2.15. The van der Waals surface area contributed by atoms with E-state index in [1.54, 1.807) is 0 Å². The van der Waals surface area contributed by atoms with Crippen LogP contribution in [0.15, 0.2) is 41.3 Å². The first-order chi connectivity index (χ1) is 11.4. The van der Waals surface area contributed by atoms with Crippen LogP contribution in [0.3, 0.4) is 0 Å². The fourth-order valence-electron chi connectivity index (χ4n) is 1.88. The second-order valence-corrected chi connectivity index (χ2v) is 7.16. The topological polar surface area (TPSA) is 89.3 Å². The molecule has 0 aromatic heterocycles. The summed E-state index contributed by atoms with van der Waals surface area (Å²) < 4.78 is 65.3. The van der Waals surface area contributed by atoms with Crippen molar-refractivity contribution in [2.45, 2.75) is 11.1 Å². The summed E-state index contributed by atoms with van der Waals surface area (Å²) in [5.41, 5.74) is -3.31. The van der Waals surface area contributed by atoms with Gasteiger partial charge in [0.25, 0.3) is 15.7 Å². The van der Waals surface area contributed by atoms with Crippen molar-refractivity contribution in [1.29, 1.82) is 0 Å². The minimum atomic E-state index is -5.04. The lowest BCUT2D eigenvalue weighted by atomic mass is 10.1. The molecule has 0 heterocycles. The van der Waals surface area contributed by atoms with Crippen molar-refractivity contribution in [1.82, 2.24) is 0 Å². The molecular formula is C13H7Cl2F3N2O4S. The van der Waals surface area contributed by atoms with Crippen molar-refractivity contribution in [3.05, 3.63) is 62.1 Å². The first kappa shape index (κ1) is 19.3. The Morgan fingerprint density at radius 1 is 1.08 bits per heavy atom. The Kier molecular flexibility index (Phi) is 5.17. The molecular weight excluding hydrogens is 408 g/mol. The van der Waals surface area contributed by atoms with E-state index >= 15 is 0 Å². The van der Waals surface area contributed by atoms with Crippen LogP contribution in [0, 0.1) is 10.1 Å². The molecule has 0 aliphatic heterocycles. The highest BCUT2D eigenvalue weighted by Gasteiger charge is 2.38. The molecule has 12 heteroatoms. The van der Waals surface area contributed by atoms with Crippen molar-refractivity contribution in [2.75, 3.05) is 4.72 Å². The molecule has 0 unspecified atom stereocenters. The summed E-state index contributed by atoms with van der Waals surface area (Å²) in [4.78, 5) is 9.04. The second-order valence-electron chi connectivity index (χ2n) is 4.67. The smallest absolute Gasteiger partial charge is 0.280 e. The van der Waals surface area contributed by atoms with Crippen LogP contribution < -0.4 is 4.72 Å². The standard InChI is InChI=1S/C13H7Cl2F3N2O4S/c14-7-1-3-10(15)12(5-7)25(23,24)19-8-2-4-11(20(21)22)9(6-8)13(16,17)18/h1-6,19H. The van der Waals surface area contributed by atoms with Crippen LogP contribution in [0.5, 0.6) is 0 Å². The molecule has 0 amide bonds. The average molecular weight is 415 g/mol. The number of nitro benzene ring substituents is 1. The van der Waals surface area contributed by atoms with Crippen LogP contribution in [0.25, 0.3) is 0 Å². The van der Waals surface area contributed by atoms with Gasteiger partial charge in [0.15, 0.2) is 0 Å². The lowest BCUT2D eigenvalue weighted by Gasteiger charge is -2.12. The predicted molar refractivity (Wildman–Crippen MR) is 85.4 cm³/mol. The normalized spacial score (nSPS) is 12.0. The van der Waals surface area contributed by atoms with Gasteiger partial charge >= 0.3 is 6.18 Å². The number of benzene rings is 2. The molecule has 6 nitrogen and oxygen atoms in total. The van der Waals surface area contributed by atoms with Crippen molar-refractivity contribution in [3.63, 3.8) is 0 Å². The summed E-state index contributed by atoms with van der Waals surface area (Å²) in [7, 11) is -4.37. The molecule has 0 aliphatic carbocycles. The maximum absolute atomic E-state index is 12.9. The van der Waals surface area contributed by atoms with Crippen LogP contribution in [0.4, 0.5) is 24.5 Å². The molecule has 0 spiro atoms. The first-order valence-electron chi connectivity index (χ1n) is 6.25. The second kappa shape index (κ2) is 6.70. The molecule has 1 N–H and O–H groups in total. The van der Waals surface area contributed by atoms with Gasteiger partial charge < -0.3 is 0 Å². The quantitative estimate of drug-likeness (QED) is 0.578. The molecule has 0 saturated carbocycles. The highest BCUT2D eigenvalue weighted by atomic mass is 35.5. The maximum Gasteiger partial charge on any atom is 0.423 e. The van der Waals surface area contributed by atoms with Crippen LogP contribution >= 0.6 is 23.2 Å². The summed E-state index contributed by atoms with van der Waals surface area (Å²) in [6, 6.07) is 5.27. The number of rotatable bonds is 4. The van der Waals surface area contributed by atoms with Gasteiger partial charge in [-0.25, -0.2) is 8.42 Å². The minimum Gasteiger partial charge on any atom is -0.280 e. The number of sulfonamides is 1. The Morgan fingerprint density at radius 3 is 2.28 bits per heavy atom. The van der Waals surface area contributed by atoms with Gasteiger partial charge in [0.05, 0.1) is 9.95 Å². The molecule has 0 atom stereocenters. The highest BCUT2D eigenvalue weighted by Crippen LogP contribution is 2.38. The summed E-state index contributed by atoms with van der Waals surface area (Å²) in [6.45, 7) is 0. The summed E-state index contributed by atoms with van der Waals surface area (Å²) in [5.74, 6) is 0. The molecule has 25 heavy (non-hydrogen) atoms. The predicted octanol–water partition coefficient (Wildman–Crippen LogP) is 4.72. The monoisotopic (exact) mass is 414 g/mol. The fourth-order valence-corrected chi connectivity index (χ4v) is 3.69. The van der Waals surface area contributed by atoms with Crippen LogP contribution in [-0.2, 0) is 16.2 Å². The third-order valence-electron chi connectivity index (χ3n) is 2.93. The lowest BCUT2D eigenvalue weighted by molar-refractivity contribution is -0.388. The van der Waals surface area contributed by atoms with E-state index in [-0.39, 0.29) is 10.0 Å². The fraction of sp³-hybridized carbons (Fsp3) is 0.0769. The first-order valence-corrected chi connectivity index (χ1v) is 8.49. The van der Waals surface area contributed by atoms with Gasteiger partial charge in [0, 0.05) is 16.8 Å². The third-order valence-corrected chi connectivity index (χ3v) is 5.03. The molecule has 2 aromatic rings. The van der Waals surface area contributed by atoms with Gasteiger partial charge in [-0.1, -0.05) is 23.2 Å². The molecule has 134 valence electrons. The van der Waals surface area contributed by atoms with E-state index in [2.05, 4.69) is 0 Å². The van der Waals surface area contributed by atoms with Gasteiger partial charge in [-0.3, -0.25) is 14.8 Å². The van der Waals surface area contributed by atoms with Gasteiger partial charge in [0.1, 0.15) is 10.5 Å². The van der Waals surface area contributed by atoms with Crippen molar-refractivity contribution in [3.8, 4) is 0 Å². The zero-order chi connectivity index (χ0) is 19.0. The van der Waals surface area contributed by atoms with Crippen LogP contribution in [0.2, 0.25) is 10.0 Å². The van der Waals surface area contributed by atoms with Gasteiger partial charge in [-0.2, -0.15) is 13.2 Å². The zero-order valence-electron chi connectivity index (χ0n) is 11.8. The van der Waals surface area contributed by atoms with Gasteiger partial charge in [0.2, 0.25) is 0 Å². The maximum atomic E-state index is 12.9. The van der Waals surface area contributed by atoms with E-state index in [1.807, 2.05) is 4.72 Å². The summed E-state index contributed by atoms with van der Waals surface area (Å²) >= 11 is 11.5. The molecule has 0 radical (unpaired) electrons. The number of hydrogen-bond acceptors (Lipinski definition) is 4. The number of anilines is 1. The van der Waals surface area contributed by atoms with Gasteiger partial charge in [-0.15, -0.1) is 0 Å². The summed E-state index contributed by atoms with van der Waals surface area (Å²) in [5, 5.41) is 10.5. The Labute approximate surface area is 149 Å². The zero-order valence-corrected chi connectivity index (χ0v) is 14.2. The Hall–Kier alpha value is -2.04. The number of nitro groups is 1. The summed E-state index contributed by atoms with van der Waals surface area (Å²) in [6.07, 6.45) is -5.04. The largest absolute Gasteiger partial charge is 0.423 e. The van der Waals surface area contributed by atoms with Crippen molar-refractivity contribution < 1.29 is 26.5 Å². The number of alkyl halides is 3. The van der Waals surface area contributed by atoms with Gasteiger partial charge in [-0.05, 0) is 30.3 Å². The molecule has 0 bridgehead atoms. The average Bonchev–Trinajstić information content (AvgIpc) is 2.48. The molecule has 0 aliphatic rings. The number of hydrogen-bond donors (Lipinski definition) is 1. The molecule has 0 saturated heterocycles. The Morgan fingerprint density at radius 2 is 1.72 bits per heavy atom. The number of nitrogens with zero attached hydrogens (tertiary/aromatic N) is 1. The Balaban J connectivity index is 2.50. The van der Waals surface area contributed by atoms with E-state index < -0.39 is 43.0 Å². The van der Waals surface area contributed by atoms with Crippen LogP contribution in [-0.4, -0.2) is 13.3 Å². The molecule has 2 aromatic carbocycles. The van der Waals surface area contributed by atoms with E-state index in [9.17, 15) is 31.7 Å². The Bertz CT molecular complexity index is 949. The van der Waals surface area contributed by atoms with Crippen molar-refractivity contribution >= 4 is 44.6 Å². The van der Waals surface area contributed by atoms with Crippen molar-refractivity contribution in [2.24, 2.45) is 0 Å². The van der Waals surface area contributed by atoms with E-state index in [0.29, 0.717) is 12.1 Å². The minimum absolute atomic E-state index is 0.0458. The van der Waals surface area contributed by atoms with Crippen LogP contribution in [0.1, 0.15) is 5.56 Å². The third kappa shape index (κ3) is 4.33. The molecule has 2 rings (SSSR count). The van der Waals surface area contributed by atoms with E-state index in [4.69, 9.17) is 23.2 Å². The molecule has 0 fully saturated rings. The van der Waals surface area contributed by atoms with E-state index in [1.165, 1.54) is 12.1 Å².